The number of nitrogens with two attached hydrogens (primary N) is 1. The summed E-state index contributed by atoms with van der Waals surface area (Å²) in [6.45, 7) is 7.53. The summed E-state index contributed by atoms with van der Waals surface area (Å²) in [5.74, 6) is 1.86. The SMILES string of the molecule is CCCn1c(C)nnc1-c1sc(CN)nc1C. The monoisotopic (exact) mass is 251 g/mol. The molecular weight excluding hydrogens is 234 g/mol. The molecule has 5 nitrogen and oxygen atoms in total. The molecule has 2 heterocycles. The Morgan fingerprint density at radius 3 is 2.65 bits per heavy atom. The fraction of sp³-hybridized carbons (Fsp3) is 0.545. The number of hydrogen-bond acceptors (Lipinski definition) is 5. The highest BCUT2D eigenvalue weighted by Gasteiger charge is 2.16. The van der Waals surface area contributed by atoms with Gasteiger partial charge in [-0.3, -0.25) is 0 Å². The topological polar surface area (TPSA) is 69.6 Å². The molecule has 0 saturated carbocycles. The van der Waals surface area contributed by atoms with Crippen molar-refractivity contribution in [2.24, 2.45) is 5.73 Å². The molecular formula is C11H17N5S. The zero-order valence-electron chi connectivity index (χ0n) is 10.4. The van der Waals surface area contributed by atoms with Gasteiger partial charge in [-0.1, -0.05) is 6.92 Å². The molecule has 0 atom stereocenters. The molecule has 17 heavy (non-hydrogen) atoms. The summed E-state index contributed by atoms with van der Waals surface area (Å²) in [6.07, 6.45) is 1.06. The summed E-state index contributed by atoms with van der Waals surface area (Å²) in [5, 5.41) is 9.35. The molecule has 2 aromatic rings. The van der Waals surface area contributed by atoms with E-state index in [2.05, 4.69) is 26.7 Å². The molecule has 0 amide bonds. The van der Waals surface area contributed by atoms with Crippen LogP contribution in [0.1, 0.15) is 29.9 Å². The first-order valence-electron chi connectivity index (χ1n) is 5.74. The van der Waals surface area contributed by atoms with Crippen LogP contribution in [0.15, 0.2) is 0 Å². The molecule has 2 aromatic heterocycles. The Bertz CT molecular complexity index is 514. The number of nitrogens with zero attached hydrogens (tertiary/aromatic N) is 4. The first-order valence-corrected chi connectivity index (χ1v) is 6.55. The Kier molecular flexibility index (Phi) is 3.54. The quantitative estimate of drug-likeness (QED) is 0.900. The van der Waals surface area contributed by atoms with Gasteiger partial charge in [-0.05, 0) is 20.3 Å². The number of hydrogen-bond donors (Lipinski definition) is 1. The first-order chi connectivity index (χ1) is 8.17. The fourth-order valence-electron chi connectivity index (χ4n) is 1.79. The van der Waals surface area contributed by atoms with Crippen LogP contribution in [0.3, 0.4) is 0 Å². The van der Waals surface area contributed by atoms with Gasteiger partial charge in [0.05, 0.1) is 10.6 Å². The third-order valence-electron chi connectivity index (χ3n) is 2.60. The largest absolute Gasteiger partial charge is 0.325 e. The molecule has 2 N–H and O–H groups in total. The fourth-order valence-corrected chi connectivity index (χ4v) is 2.72. The molecule has 0 bridgehead atoms. The van der Waals surface area contributed by atoms with Crippen LogP contribution in [0.4, 0.5) is 0 Å². The van der Waals surface area contributed by atoms with E-state index in [1.165, 1.54) is 0 Å². The van der Waals surface area contributed by atoms with Crippen LogP contribution in [0, 0.1) is 13.8 Å². The highest BCUT2D eigenvalue weighted by atomic mass is 32.1. The van der Waals surface area contributed by atoms with E-state index in [9.17, 15) is 0 Å². The number of aromatic nitrogens is 4. The number of aryl methyl sites for hydroxylation is 2. The van der Waals surface area contributed by atoms with Crippen LogP contribution in [0.25, 0.3) is 10.7 Å². The molecule has 0 aromatic carbocycles. The van der Waals surface area contributed by atoms with Crippen molar-refractivity contribution in [1.29, 1.82) is 0 Å². The van der Waals surface area contributed by atoms with Crippen LogP contribution in [0.2, 0.25) is 0 Å². The van der Waals surface area contributed by atoms with Crippen LogP contribution < -0.4 is 5.73 Å². The third-order valence-corrected chi connectivity index (χ3v) is 3.78. The van der Waals surface area contributed by atoms with Gasteiger partial charge in [-0.2, -0.15) is 0 Å². The van der Waals surface area contributed by atoms with Crippen molar-refractivity contribution in [3.05, 3.63) is 16.5 Å². The van der Waals surface area contributed by atoms with Gasteiger partial charge in [-0.25, -0.2) is 4.98 Å². The van der Waals surface area contributed by atoms with E-state index in [1.54, 1.807) is 11.3 Å². The van der Waals surface area contributed by atoms with Crippen LogP contribution in [-0.2, 0) is 13.1 Å². The second kappa shape index (κ2) is 4.93. The lowest BCUT2D eigenvalue weighted by molar-refractivity contribution is 0.663. The van der Waals surface area contributed by atoms with Gasteiger partial charge in [0.15, 0.2) is 5.82 Å². The highest BCUT2D eigenvalue weighted by molar-refractivity contribution is 7.15. The van der Waals surface area contributed by atoms with E-state index >= 15 is 0 Å². The van der Waals surface area contributed by atoms with Crippen LogP contribution in [-0.4, -0.2) is 19.7 Å². The van der Waals surface area contributed by atoms with Gasteiger partial charge in [0.25, 0.3) is 0 Å². The van der Waals surface area contributed by atoms with Gasteiger partial charge < -0.3 is 10.3 Å². The van der Waals surface area contributed by atoms with E-state index in [4.69, 9.17) is 5.73 Å². The minimum Gasteiger partial charge on any atom is -0.325 e. The molecule has 0 radical (unpaired) electrons. The summed E-state index contributed by atoms with van der Waals surface area (Å²) in [4.78, 5) is 5.51. The lowest BCUT2D eigenvalue weighted by Gasteiger charge is -2.05. The minimum absolute atomic E-state index is 0.479. The summed E-state index contributed by atoms with van der Waals surface area (Å²) < 4.78 is 2.14. The van der Waals surface area contributed by atoms with Crippen molar-refractivity contribution in [2.75, 3.05) is 0 Å². The van der Waals surface area contributed by atoms with Crippen molar-refractivity contribution in [3.63, 3.8) is 0 Å². The van der Waals surface area contributed by atoms with E-state index in [1.807, 2.05) is 13.8 Å². The van der Waals surface area contributed by atoms with Crippen LogP contribution >= 0.6 is 11.3 Å². The van der Waals surface area contributed by atoms with Gasteiger partial charge in [0.1, 0.15) is 10.8 Å². The molecule has 92 valence electrons. The lowest BCUT2D eigenvalue weighted by atomic mass is 10.3. The zero-order valence-corrected chi connectivity index (χ0v) is 11.2. The third kappa shape index (κ3) is 2.23. The molecule has 0 saturated heterocycles. The average molecular weight is 251 g/mol. The molecule has 0 aliphatic heterocycles. The summed E-state index contributed by atoms with van der Waals surface area (Å²) >= 11 is 1.61. The second-order valence-electron chi connectivity index (χ2n) is 3.95. The summed E-state index contributed by atoms with van der Waals surface area (Å²) in [6, 6.07) is 0. The van der Waals surface area contributed by atoms with Crippen LogP contribution in [0.5, 0.6) is 0 Å². The average Bonchev–Trinajstić information content (AvgIpc) is 2.84. The van der Waals surface area contributed by atoms with Gasteiger partial charge in [-0.15, -0.1) is 21.5 Å². The Morgan fingerprint density at radius 1 is 1.29 bits per heavy atom. The molecule has 2 rings (SSSR count). The van der Waals surface area contributed by atoms with E-state index in [0.29, 0.717) is 6.54 Å². The standard InChI is InChI=1S/C11H17N5S/c1-4-5-16-8(3)14-15-11(16)10-7(2)13-9(6-12)17-10/h4-6,12H2,1-3H3. The Hall–Kier alpha value is -1.27. The number of thiazole rings is 1. The number of rotatable bonds is 4. The van der Waals surface area contributed by atoms with Crippen molar-refractivity contribution in [2.45, 2.75) is 40.3 Å². The summed E-state index contributed by atoms with van der Waals surface area (Å²) in [7, 11) is 0. The zero-order chi connectivity index (χ0) is 12.4. The molecule has 0 spiro atoms. The van der Waals surface area contributed by atoms with E-state index < -0.39 is 0 Å². The maximum Gasteiger partial charge on any atom is 0.175 e. The van der Waals surface area contributed by atoms with Crippen molar-refractivity contribution in [1.82, 2.24) is 19.7 Å². The minimum atomic E-state index is 0.479. The molecule has 0 aliphatic rings. The molecule has 6 heteroatoms. The predicted molar refractivity (Wildman–Crippen MR) is 68.8 cm³/mol. The smallest absolute Gasteiger partial charge is 0.175 e. The summed E-state index contributed by atoms with van der Waals surface area (Å²) in [5.41, 5.74) is 6.60. The Labute approximate surface area is 105 Å². The Balaban J connectivity index is 2.48. The van der Waals surface area contributed by atoms with Crippen molar-refractivity contribution in [3.8, 4) is 10.7 Å². The molecule has 0 unspecified atom stereocenters. The van der Waals surface area contributed by atoms with Gasteiger partial charge in [0.2, 0.25) is 0 Å². The van der Waals surface area contributed by atoms with E-state index in [-0.39, 0.29) is 0 Å². The van der Waals surface area contributed by atoms with Crippen molar-refractivity contribution < 1.29 is 0 Å². The normalized spacial score (nSPS) is 11.1. The highest BCUT2D eigenvalue weighted by Crippen LogP contribution is 2.29. The maximum atomic E-state index is 5.62. The lowest BCUT2D eigenvalue weighted by Crippen LogP contribution is -2.01. The van der Waals surface area contributed by atoms with Crippen molar-refractivity contribution >= 4 is 11.3 Å². The van der Waals surface area contributed by atoms with Gasteiger partial charge in [0, 0.05) is 13.1 Å². The van der Waals surface area contributed by atoms with E-state index in [0.717, 1.165) is 40.2 Å². The second-order valence-corrected chi connectivity index (χ2v) is 5.03. The molecule has 0 aliphatic carbocycles. The van der Waals surface area contributed by atoms with Gasteiger partial charge >= 0.3 is 0 Å². The Morgan fingerprint density at radius 2 is 2.06 bits per heavy atom. The predicted octanol–water partition coefficient (Wildman–Crippen LogP) is 1.89. The first kappa shape index (κ1) is 12.2. The molecule has 0 fully saturated rings. The maximum absolute atomic E-state index is 5.62.